The van der Waals surface area contributed by atoms with Crippen LogP contribution in [-0.4, -0.2) is 23.2 Å². The lowest BCUT2D eigenvalue weighted by atomic mass is 10.1. The first kappa shape index (κ1) is 21.5. The molecule has 0 fully saturated rings. The van der Waals surface area contributed by atoms with Crippen LogP contribution >= 0.6 is 23.4 Å². The Bertz CT molecular complexity index is 1410. The summed E-state index contributed by atoms with van der Waals surface area (Å²) in [6.07, 6.45) is -0.668. The van der Waals surface area contributed by atoms with E-state index in [0.29, 0.717) is 49.1 Å². The van der Waals surface area contributed by atoms with Gasteiger partial charge in [-0.25, -0.2) is 9.40 Å². The normalized spacial score (nSPS) is 16.9. The molecule has 0 radical (unpaired) electrons. The van der Waals surface area contributed by atoms with Crippen LogP contribution in [0.5, 0.6) is 5.75 Å². The van der Waals surface area contributed by atoms with E-state index in [2.05, 4.69) is 10.4 Å². The predicted molar refractivity (Wildman–Crippen MR) is 126 cm³/mol. The van der Waals surface area contributed by atoms with Crippen molar-refractivity contribution in [2.75, 3.05) is 7.11 Å². The predicted octanol–water partition coefficient (Wildman–Crippen LogP) is 3.56. The van der Waals surface area contributed by atoms with E-state index in [1.807, 2.05) is 24.3 Å². The standard InChI is InChI=1S/C24H18ClFN4O2S/c1-32-20-11-10-15(25)12-17(20)22-27-19-9-5-3-7-16(19)21-23(31)28-24(29-30(21)22)33-13-14-6-2-4-8-18(14)26/h2-12,22H,13H2,1H3,(H,28,29,31)/t22-/m1/s1. The van der Waals surface area contributed by atoms with Gasteiger partial charge in [0.15, 0.2) is 11.3 Å². The zero-order chi connectivity index (χ0) is 22.9. The Morgan fingerprint density at radius 2 is 1.94 bits per heavy atom. The van der Waals surface area contributed by atoms with Gasteiger partial charge in [-0.3, -0.25) is 15.1 Å². The molecular formula is C24H18ClFN4O2S. The average molecular weight is 481 g/mol. The Morgan fingerprint density at radius 1 is 1.15 bits per heavy atom. The summed E-state index contributed by atoms with van der Waals surface area (Å²) < 4.78 is 19.6. The summed E-state index contributed by atoms with van der Waals surface area (Å²) in [4.78, 5) is 18.1. The summed E-state index contributed by atoms with van der Waals surface area (Å²) in [7, 11) is 1.57. The molecule has 0 aliphatic carbocycles. The SMILES string of the molecule is COc1ccc(Cl)cc1[C@@H]1N=c2ccccc2=C2C(=O)NC(SCc3ccccc3F)=NN21. The van der Waals surface area contributed by atoms with Crippen molar-refractivity contribution in [1.82, 2.24) is 10.3 Å². The number of carbonyl (C=O) groups is 1. The quantitative estimate of drug-likeness (QED) is 0.620. The van der Waals surface area contributed by atoms with Crippen LogP contribution in [0, 0.1) is 5.82 Å². The maximum atomic E-state index is 14.1. The highest BCUT2D eigenvalue weighted by Crippen LogP contribution is 2.37. The number of nitrogens with zero attached hydrogens (tertiary/aromatic N) is 3. The topological polar surface area (TPSA) is 66.3 Å². The van der Waals surface area contributed by atoms with E-state index in [1.165, 1.54) is 17.8 Å². The smallest absolute Gasteiger partial charge is 0.276 e. The molecule has 33 heavy (non-hydrogen) atoms. The molecule has 0 bridgehead atoms. The summed E-state index contributed by atoms with van der Waals surface area (Å²) in [6, 6.07) is 19.2. The van der Waals surface area contributed by atoms with Gasteiger partial charge in [-0.2, -0.15) is 0 Å². The van der Waals surface area contributed by atoms with Crippen molar-refractivity contribution >= 4 is 40.1 Å². The lowest BCUT2D eigenvalue weighted by molar-refractivity contribution is -0.116. The van der Waals surface area contributed by atoms with Crippen molar-refractivity contribution in [2.45, 2.75) is 11.9 Å². The number of amides is 1. The molecule has 0 saturated heterocycles. The van der Waals surface area contributed by atoms with E-state index in [0.717, 1.165) is 0 Å². The first-order valence-corrected chi connectivity index (χ1v) is 11.5. The van der Waals surface area contributed by atoms with Crippen LogP contribution in [0.4, 0.5) is 4.39 Å². The zero-order valence-corrected chi connectivity index (χ0v) is 19.0. The minimum absolute atomic E-state index is 0.302. The van der Waals surface area contributed by atoms with Crippen LogP contribution in [0.1, 0.15) is 17.3 Å². The lowest BCUT2D eigenvalue weighted by Gasteiger charge is -2.34. The molecule has 2 heterocycles. The van der Waals surface area contributed by atoms with Crippen molar-refractivity contribution in [3.05, 3.63) is 99.3 Å². The number of methoxy groups -OCH3 is 1. The number of amidine groups is 1. The minimum atomic E-state index is -0.668. The molecule has 1 amide bonds. The molecule has 1 N–H and O–H groups in total. The van der Waals surface area contributed by atoms with Crippen LogP contribution in [0.25, 0.3) is 5.70 Å². The number of halogens is 2. The molecule has 3 aromatic carbocycles. The van der Waals surface area contributed by atoms with E-state index in [9.17, 15) is 9.18 Å². The van der Waals surface area contributed by atoms with Crippen molar-refractivity contribution in [3.8, 4) is 5.75 Å². The van der Waals surface area contributed by atoms with Crippen LogP contribution in [0.2, 0.25) is 5.02 Å². The monoisotopic (exact) mass is 480 g/mol. The third-order valence-electron chi connectivity index (χ3n) is 5.31. The van der Waals surface area contributed by atoms with Gasteiger partial charge in [-0.15, -0.1) is 5.10 Å². The van der Waals surface area contributed by atoms with E-state index >= 15 is 0 Å². The number of ether oxygens (including phenoxy) is 1. The summed E-state index contributed by atoms with van der Waals surface area (Å²) in [5.74, 6) is 0.278. The molecule has 2 aliphatic rings. The number of hydrazone groups is 1. The number of benzene rings is 3. The van der Waals surface area contributed by atoms with E-state index in [-0.39, 0.29) is 11.7 Å². The van der Waals surface area contributed by atoms with Gasteiger partial charge in [-0.1, -0.05) is 59.8 Å². The largest absolute Gasteiger partial charge is 0.496 e. The van der Waals surface area contributed by atoms with Crippen molar-refractivity contribution in [2.24, 2.45) is 10.1 Å². The third kappa shape index (κ3) is 4.07. The Morgan fingerprint density at radius 3 is 2.76 bits per heavy atom. The van der Waals surface area contributed by atoms with Gasteiger partial charge >= 0.3 is 0 Å². The number of rotatable bonds is 4. The maximum Gasteiger partial charge on any atom is 0.276 e. The number of fused-ring (bicyclic) bond motifs is 2. The first-order valence-electron chi connectivity index (χ1n) is 10.1. The average Bonchev–Trinajstić information content (AvgIpc) is 2.83. The van der Waals surface area contributed by atoms with Crippen LogP contribution in [0.15, 0.2) is 76.8 Å². The highest BCUT2D eigenvalue weighted by atomic mass is 35.5. The van der Waals surface area contributed by atoms with E-state index < -0.39 is 6.17 Å². The zero-order valence-electron chi connectivity index (χ0n) is 17.5. The number of thioether (sulfide) groups is 1. The summed E-state index contributed by atoms with van der Waals surface area (Å²) in [5.41, 5.74) is 1.58. The second-order valence-corrected chi connectivity index (χ2v) is 8.74. The number of para-hydroxylation sites is 1. The second-order valence-electron chi connectivity index (χ2n) is 7.34. The van der Waals surface area contributed by atoms with Gasteiger partial charge < -0.3 is 4.74 Å². The van der Waals surface area contributed by atoms with Gasteiger partial charge in [0.1, 0.15) is 17.3 Å². The van der Waals surface area contributed by atoms with Gasteiger partial charge in [0, 0.05) is 21.6 Å². The van der Waals surface area contributed by atoms with E-state index in [1.54, 1.807) is 48.5 Å². The van der Waals surface area contributed by atoms with Crippen molar-refractivity contribution < 1.29 is 13.9 Å². The molecule has 1 atom stereocenters. The highest BCUT2D eigenvalue weighted by molar-refractivity contribution is 8.13. The lowest BCUT2D eigenvalue weighted by Crippen LogP contribution is -2.50. The van der Waals surface area contributed by atoms with Gasteiger partial charge in [-0.05, 0) is 35.9 Å². The minimum Gasteiger partial charge on any atom is -0.496 e. The summed E-state index contributed by atoms with van der Waals surface area (Å²) >= 11 is 7.52. The van der Waals surface area contributed by atoms with Crippen LogP contribution < -0.4 is 20.6 Å². The Hall–Kier alpha value is -3.36. The Balaban J connectivity index is 1.61. The maximum absolute atomic E-state index is 14.1. The molecule has 6 nitrogen and oxygen atoms in total. The highest BCUT2D eigenvalue weighted by Gasteiger charge is 2.35. The van der Waals surface area contributed by atoms with Gasteiger partial charge in [0.2, 0.25) is 0 Å². The molecule has 0 aromatic heterocycles. The van der Waals surface area contributed by atoms with Crippen molar-refractivity contribution in [3.63, 3.8) is 0 Å². The Labute approximate surface area is 198 Å². The van der Waals surface area contributed by atoms with Crippen LogP contribution in [0.3, 0.4) is 0 Å². The number of hydrogen-bond donors (Lipinski definition) is 1. The molecule has 0 spiro atoms. The molecule has 3 aromatic rings. The van der Waals surface area contributed by atoms with Crippen LogP contribution in [-0.2, 0) is 10.5 Å². The van der Waals surface area contributed by atoms with Gasteiger partial charge in [0.25, 0.3) is 5.91 Å². The fraction of sp³-hybridized carbons (Fsp3) is 0.125. The Kier molecular flexibility index (Phi) is 5.78. The molecule has 2 aliphatic heterocycles. The molecule has 166 valence electrons. The molecule has 5 rings (SSSR count). The molecule has 0 unspecified atom stereocenters. The summed E-state index contributed by atoms with van der Waals surface area (Å²) in [6.45, 7) is 0. The summed E-state index contributed by atoms with van der Waals surface area (Å²) in [5, 5.41) is 11.3. The number of carbonyl (C=O) groups excluding carboxylic acids is 1. The van der Waals surface area contributed by atoms with Gasteiger partial charge in [0.05, 0.1) is 12.5 Å². The molecular weight excluding hydrogens is 463 g/mol. The molecule has 0 saturated carbocycles. The fourth-order valence-electron chi connectivity index (χ4n) is 3.76. The van der Waals surface area contributed by atoms with E-state index in [4.69, 9.17) is 21.3 Å². The number of nitrogens with one attached hydrogen (secondary N) is 1. The number of hydrogen-bond acceptors (Lipinski definition) is 6. The van der Waals surface area contributed by atoms with Crippen molar-refractivity contribution in [1.29, 1.82) is 0 Å². The molecule has 9 heteroatoms. The third-order valence-corrected chi connectivity index (χ3v) is 6.46. The first-order chi connectivity index (χ1) is 16.0. The fourth-order valence-corrected chi connectivity index (χ4v) is 4.78. The second kappa shape index (κ2) is 8.88.